The van der Waals surface area contributed by atoms with Gasteiger partial charge in [-0.1, -0.05) is 49.6 Å². The second-order valence-electron chi connectivity index (χ2n) is 6.58. The first kappa shape index (κ1) is 16.5. The highest BCUT2D eigenvalue weighted by Crippen LogP contribution is 2.30. The van der Waals surface area contributed by atoms with Crippen LogP contribution in [0.25, 0.3) is 0 Å². The lowest BCUT2D eigenvalue weighted by atomic mass is 9.85. The Balaban J connectivity index is 1.68. The number of carbonyl (C=O) groups is 3. The fourth-order valence-corrected chi connectivity index (χ4v) is 3.59. The average Bonchev–Trinajstić information content (AvgIpc) is 2.89. The summed E-state index contributed by atoms with van der Waals surface area (Å²) in [5.41, 5.74) is -0.471. The van der Waals surface area contributed by atoms with E-state index in [0.29, 0.717) is 5.56 Å². The van der Waals surface area contributed by atoms with Gasteiger partial charge in [-0.3, -0.25) is 14.9 Å². The van der Waals surface area contributed by atoms with Gasteiger partial charge in [0.05, 0.1) is 0 Å². The molecule has 1 aromatic carbocycles. The summed E-state index contributed by atoms with van der Waals surface area (Å²) >= 11 is 0. The molecule has 1 aliphatic carbocycles. The molecule has 3 rings (SSSR count). The molecule has 1 saturated heterocycles. The third-order valence-electron chi connectivity index (χ3n) is 4.91. The Bertz CT molecular complexity index is 626. The van der Waals surface area contributed by atoms with Crippen molar-refractivity contribution < 1.29 is 14.4 Å². The summed E-state index contributed by atoms with van der Waals surface area (Å²) in [5, 5.41) is 8.06. The van der Waals surface area contributed by atoms with Gasteiger partial charge in [0.15, 0.2) is 0 Å². The van der Waals surface area contributed by atoms with E-state index in [4.69, 9.17) is 0 Å². The van der Waals surface area contributed by atoms with Gasteiger partial charge in [-0.15, -0.1) is 0 Å². The fourth-order valence-electron chi connectivity index (χ4n) is 3.59. The number of benzene rings is 1. The van der Waals surface area contributed by atoms with Crippen LogP contribution in [-0.4, -0.2) is 23.9 Å². The Morgan fingerprint density at radius 1 is 1.12 bits per heavy atom. The third kappa shape index (κ3) is 3.42. The topological polar surface area (TPSA) is 87.3 Å². The first-order valence-electron chi connectivity index (χ1n) is 8.59. The number of nitrogens with one attached hydrogen (secondary N) is 3. The van der Waals surface area contributed by atoms with E-state index in [1.165, 1.54) is 6.42 Å². The van der Waals surface area contributed by atoms with Crippen molar-refractivity contribution >= 4 is 17.8 Å². The quantitative estimate of drug-likeness (QED) is 0.722. The van der Waals surface area contributed by atoms with Crippen molar-refractivity contribution in [3.05, 3.63) is 35.9 Å². The van der Waals surface area contributed by atoms with Crippen LogP contribution in [0.2, 0.25) is 0 Å². The van der Waals surface area contributed by atoms with E-state index in [0.717, 1.165) is 25.7 Å². The first-order chi connectivity index (χ1) is 11.6. The summed E-state index contributed by atoms with van der Waals surface area (Å²) in [4.78, 5) is 36.3. The van der Waals surface area contributed by atoms with Crippen LogP contribution in [0.5, 0.6) is 0 Å². The van der Waals surface area contributed by atoms with Crippen LogP contribution in [0.1, 0.15) is 50.5 Å². The standard InChI is InChI=1S/C18H23N3O3/c22-15(19-14-9-5-2-6-10-14)11-12-18(13-7-3-1-4-8-13)16(23)20-17(24)21-18/h1,3-4,7-8,14H,2,5-6,9-12H2,(H,19,22)(H2,20,21,23,24). The number of urea groups is 1. The van der Waals surface area contributed by atoms with Crippen molar-refractivity contribution in [2.24, 2.45) is 0 Å². The van der Waals surface area contributed by atoms with E-state index >= 15 is 0 Å². The SMILES string of the molecule is O=C(CCC1(c2ccccc2)NC(=O)NC1=O)NC1CCCCC1. The molecule has 128 valence electrons. The molecule has 6 heteroatoms. The fraction of sp³-hybridized carbons (Fsp3) is 0.500. The number of amides is 4. The van der Waals surface area contributed by atoms with Crippen molar-refractivity contribution in [2.75, 3.05) is 0 Å². The molecule has 24 heavy (non-hydrogen) atoms. The van der Waals surface area contributed by atoms with Crippen LogP contribution < -0.4 is 16.0 Å². The van der Waals surface area contributed by atoms with E-state index < -0.39 is 17.5 Å². The van der Waals surface area contributed by atoms with Gasteiger partial charge in [-0.25, -0.2) is 4.79 Å². The summed E-state index contributed by atoms with van der Waals surface area (Å²) < 4.78 is 0. The molecule has 1 atom stereocenters. The number of hydrogen-bond acceptors (Lipinski definition) is 3. The average molecular weight is 329 g/mol. The van der Waals surface area contributed by atoms with Gasteiger partial charge in [0.1, 0.15) is 5.54 Å². The molecule has 1 unspecified atom stereocenters. The monoisotopic (exact) mass is 329 g/mol. The molecule has 1 aromatic rings. The van der Waals surface area contributed by atoms with E-state index in [1.54, 1.807) is 12.1 Å². The van der Waals surface area contributed by atoms with Crippen LogP contribution in [-0.2, 0) is 15.1 Å². The lowest BCUT2D eigenvalue weighted by Crippen LogP contribution is -2.45. The van der Waals surface area contributed by atoms with E-state index in [9.17, 15) is 14.4 Å². The van der Waals surface area contributed by atoms with Gasteiger partial charge < -0.3 is 10.6 Å². The predicted molar refractivity (Wildman–Crippen MR) is 89.0 cm³/mol. The highest BCUT2D eigenvalue weighted by atomic mass is 16.2. The van der Waals surface area contributed by atoms with E-state index in [2.05, 4.69) is 16.0 Å². The lowest BCUT2D eigenvalue weighted by Gasteiger charge is -2.27. The molecule has 0 radical (unpaired) electrons. The van der Waals surface area contributed by atoms with Crippen molar-refractivity contribution in [1.82, 2.24) is 16.0 Å². The van der Waals surface area contributed by atoms with Gasteiger partial charge in [-0.05, 0) is 24.8 Å². The van der Waals surface area contributed by atoms with Crippen molar-refractivity contribution in [1.29, 1.82) is 0 Å². The van der Waals surface area contributed by atoms with Gasteiger partial charge in [0.25, 0.3) is 5.91 Å². The van der Waals surface area contributed by atoms with Gasteiger partial charge in [0.2, 0.25) is 5.91 Å². The molecule has 0 aromatic heterocycles. The maximum atomic E-state index is 12.4. The van der Waals surface area contributed by atoms with E-state index in [-0.39, 0.29) is 24.8 Å². The van der Waals surface area contributed by atoms with Crippen LogP contribution >= 0.6 is 0 Å². The van der Waals surface area contributed by atoms with Gasteiger partial charge in [0, 0.05) is 12.5 Å². The molecule has 4 amide bonds. The zero-order valence-corrected chi connectivity index (χ0v) is 13.6. The maximum absolute atomic E-state index is 12.4. The molecule has 2 aliphatic rings. The number of rotatable bonds is 5. The summed E-state index contributed by atoms with van der Waals surface area (Å²) in [7, 11) is 0. The van der Waals surface area contributed by atoms with Crippen molar-refractivity contribution in [3.8, 4) is 0 Å². The molecule has 1 heterocycles. The highest BCUT2D eigenvalue weighted by molar-refractivity contribution is 6.07. The second kappa shape index (κ2) is 7.03. The zero-order valence-electron chi connectivity index (χ0n) is 13.6. The van der Waals surface area contributed by atoms with Crippen molar-refractivity contribution in [2.45, 2.75) is 56.5 Å². The summed E-state index contributed by atoms with van der Waals surface area (Å²) in [6.07, 6.45) is 6.01. The molecule has 1 aliphatic heterocycles. The third-order valence-corrected chi connectivity index (χ3v) is 4.91. The Labute approximate surface area is 141 Å². The minimum atomic E-state index is -1.16. The van der Waals surface area contributed by atoms with Gasteiger partial charge >= 0.3 is 6.03 Å². The Kier molecular flexibility index (Phi) is 4.83. The predicted octanol–water partition coefficient (Wildman–Crippen LogP) is 1.95. The Hall–Kier alpha value is -2.37. The van der Waals surface area contributed by atoms with Crippen LogP contribution in [0, 0.1) is 0 Å². The molecular formula is C18H23N3O3. The minimum Gasteiger partial charge on any atom is -0.353 e. The summed E-state index contributed by atoms with van der Waals surface area (Å²) in [6, 6.07) is 8.80. The number of hydrogen-bond donors (Lipinski definition) is 3. The summed E-state index contributed by atoms with van der Waals surface area (Å²) in [5.74, 6) is -0.463. The number of carbonyl (C=O) groups excluding carboxylic acids is 3. The van der Waals surface area contributed by atoms with E-state index in [1.807, 2.05) is 18.2 Å². The molecule has 0 bridgehead atoms. The van der Waals surface area contributed by atoms with Crippen molar-refractivity contribution in [3.63, 3.8) is 0 Å². The molecule has 6 nitrogen and oxygen atoms in total. The smallest absolute Gasteiger partial charge is 0.322 e. The van der Waals surface area contributed by atoms with Gasteiger partial charge in [-0.2, -0.15) is 0 Å². The zero-order chi connectivity index (χ0) is 17.0. The molecule has 0 spiro atoms. The lowest BCUT2D eigenvalue weighted by molar-refractivity contribution is -0.125. The molecular weight excluding hydrogens is 306 g/mol. The van der Waals surface area contributed by atoms with Crippen LogP contribution in [0.4, 0.5) is 4.79 Å². The van der Waals surface area contributed by atoms with Crippen LogP contribution in [0.15, 0.2) is 30.3 Å². The second-order valence-corrected chi connectivity index (χ2v) is 6.58. The highest BCUT2D eigenvalue weighted by Gasteiger charge is 2.47. The first-order valence-corrected chi connectivity index (χ1v) is 8.59. The number of imide groups is 1. The molecule has 2 fully saturated rings. The Morgan fingerprint density at radius 2 is 1.83 bits per heavy atom. The maximum Gasteiger partial charge on any atom is 0.322 e. The normalized spacial score (nSPS) is 24.3. The summed E-state index contributed by atoms with van der Waals surface area (Å²) in [6.45, 7) is 0. The largest absolute Gasteiger partial charge is 0.353 e. The Morgan fingerprint density at radius 3 is 2.46 bits per heavy atom. The van der Waals surface area contributed by atoms with Crippen LogP contribution in [0.3, 0.4) is 0 Å². The molecule has 3 N–H and O–H groups in total. The minimum absolute atomic E-state index is 0.0637. The molecule has 1 saturated carbocycles.